The molecular formula is C15H16ClFN2O3. The first-order valence-electron chi connectivity index (χ1n) is 6.91. The Morgan fingerprint density at radius 2 is 2.14 bits per heavy atom. The van der Waals surface area contributed by atoms with Crippen LogP contribution >= 0.6 is 11.6 Å². The second kappa shape index (κ2) is 7.26. The zero-order valence-electron chi connectivity index (χ0n) is 12.1. The van der Waals surface area contributed by atoms with E-state index in [1.54, 1.807) is 18.2 Å². The number of benzene rings is 1. The number of unbranched alkanes of at least 4 members (excludes halogenated alkanes) is 1. The van der Waals surface area contributed by atoms with Gasteiger partial charge in [0.25, 0.3) is 5.56 Å². The molecule has 2 aromatic rings. The zero-order chi connectivity index (χ0) is 16.1. The van der Waals surface area contributed by atoms with Gasteiger partial charge in [-0.2, -0.15) is 4.39 Å². The highest BCUT2D eigenvalue weighted by Gasteiger charge is 2.07. The maximum Gasteiger partial charge on any atom is 0.328 e. The number of aromatic nitrogens is 2. The number of nitrogens with zero attached hydrogens (tertiary/aromatic N) is 1. The van der Waals surface area contributed by atoms with E-state index in [0.717, 1.165) is 23.6 Å². The van der Waals surface area contributed by atoms with Gasteiger partial charge in [0.2, 0.25) is 5.82 Å². The van der Waals surface area contributed by atoms with Crippen molar-refractivity contribution in [1.29, 1.82) is 0 Å². The van der Waals surface area contributed by atoms with Crippen LogP contribution in [0.4, 0.5) is 4.39 Å². The Balaban J connectivity index is 2.17. The number of halogens is 2. The van der Waals surface area contributed by atoms with Crippen LogP contribution in [0.2, 0.25) is 5.02 Å². The van der Waals surface area contributed by atoms with Crippen LogP contribution in [-0.4, -0.2) is 16.2 Å². The Morgan fingerprint density at radius 1 is 1.36 bits per heavy atom. The fourth-order valence-corrected chi connectivity index (χ4v) is 2.14. The third-order valence-electron chi connectivity index (χ3n) is 3.07. The van der Waals surface area contributed by atoms with E-state index in [1.807, 2.05) is 4.98 Å². The normalized spacial score (nSPS) is 10.7. The number of rotatable bonds is 6. The van der Waals surface area contributed by atoms with Crippen molar-refractivity contribution >= 4 is 11.6 Å². The SMILES string of the molecule is CCCCOc1ccc(Cn2cc(F)c(=O)[nH]c2=O)cc1Cl. The smallest absolute Gasteiger partial charge is 0.328 e. The van der Waals surface area contributed by atoms with E-state index < -0.39 is 17.1 Å². The minimum Gasteiger partial charge on any atom is -0.492 e. The molecule has 1 aromatic heterocycles. The maximum atomic E-state index is 13.2. The Kier molecular flexibility index (Phi) is 5.38. The molecule has 0 amide bonds. The van der Waals surface area contributed by atoms with Gasteiger partial charge in [-0.3, -0.25) is 14.3 Å². The fraction of sp³-hybridized carbons (Fsp3) is 0.333. The molecule has 1 aromatic carbocycles. The van der Waals surface area contributed by atoms with Crippen LogP contribution in [0.1, 0.15) is 25.3 Å². The highest BCUT2D eigenvalue weighted by Crippen LogP contribution is 2.25. The molecule has 0 aliphatic heterocycles. The second-order valence-electron chi connectivity index (χ2n) is 4.83. The summed E-state index contributed by atoms with van der Waals surface area (Å²) in [6.45, 7) is 2.75. The summed E-state index contributed by atoms with van der Waals surface area (Å²) in [7, 11) is 0. The Bertz CT molecular complexity index is 770. The van der Waals surface area contributed by atoms with Crippen LogP contribution in [0, 0.1) is 5.82 Å². The Hall–Kier alpha value is -2.08. The van der Waals surface area contributed by atoms with Gasteiger partial charge in [-0.15, -0.1) is 0 Å². The van der Waals surface area contributed by atoms with E-state index in [0.29, 0.717) is 22.9 Å². The number of aromatic amines is 1. The number of hydrogen-bond donors (Lipinski definition) is 1. The molecule has 1 heterocycles. The van der Waals surface area contributed by atoms with Crippen molar-refractivity contribution in [3.05, 3.63) is 61.6 Å². The molecule has 0 aliphatic rings. The number of hydrogen-bond acceptors (Lipinski definition) is 3. The first-order chi connectivity index (χ1) is 10.5. The predicted molar refractivity (Wildman–Crippen MR) is 82.2 cm³/mol. The summed E-state index contributed by atoms with van der Waals surface area (Å²) in [4.78, 5) is 24.5. The molecule has 118 valence electrons. The van der Waals surface area contributed by atoms with Crippen LogP contribution in [0.3, 0.4) is 0 Å². The zero-order valence-corrected chi connectivity index (χ0v) is 12.8. The first kappa shape index (κ1) is 16.3. The summed E-state index contributed by atoms with van der Waals surface area (Å²) < 4.78 is 19.8. The summed E-state index contributed by atoms with van der Waals surface area (Å²) in [6.07, 6.45) is 2.83. The van der Waals surface area contributed by atoms with Crippen molar-refractivity contribution in [1.82, 2.24) is 9.55 Å². The molecule has 0 fully saturated rings. The average Bonchev–Trinajstić information content (AvgIpc) is 2.47. The molecule has 5 nitrogen and oxygen atoms in total. The summed E-state index contributed by atoms with van der Waals surface area (Å²) in [5.41, 5.74) is -1.01. The highest BCUT2D eigenvalue weighted by atomic mass is 35.5. The molecule has 0 saturated heterocycles. The topological polar surface area (TPSA) is 64.1 Å². The van der Waals surface area contributed by atoms with Gasteiger partial charge < -0.3 is 4.74 Å². The van der Waals surface area contributed by atoms with Crippen molar-refractivity contribution in [2.75, 3.05) is 6.61 Å². The van der Waals surface area contributed by atoms with Crippen molar-refractivity contribution in [3.8, 4) is 5.75 Å². The van der Waals surface area contributed by atoms with E-state index in [4.69, 9.17) is 16.3 Å². The van der Waals surface area contributed by atoms with Crippen LogP contribution in [0.5, 0.6) is 5.75 Å². The molecule has 22 heavy (non-hydrogen) atoms. The standard InChI is InChI=1S/C15H16ClFN2O3/c1-2-3-6-22-13-5-4-10(7-11(13)16)8-19-9-12(17)14(20)18-15(19)21/h4-5,7,9H,2-3,6,8H2,1H3,(H,18,20,21). The number of nitrogens with one attached hydrogen (secondary N) is 1. The summed E-state index contributed by atoms with van der Waals surface area (Å²) in [5, 5.41) is 0.423. The van der Waals surface area contributed by atoms with Crippen molar-refractivity contribution in [3.63, 3.8) is 0 Å². The van der Waals surface area contributed by atoms with Crippen LogP contribution in [-0.2, 0) is 6.54 Å². The minimum absolute atomic E-state index is 0.0987. The Morgan fingerprint density at radius 3 is 2.82 bits per heavy atom. The maximum absolute atomic E-state index is 13.2. The molecule has 1 N–H and O–H groups in total. The lowest BCUT2D eigenvalue weighted by Crippen LogP contribution is -2.31. The van der Waals surface area contributed by atoms with E-state index in [1.165, 1.54) is 0 Å². The first-order valence-corrected chi connectivity index (χ1v) is 7.29. The van der Waals surface area contributed by atoms with Gasteiger partial charge in [0.05, 0.1) is 24.4 Å². The molecule has 0 unspecified atom stereocenters. The van der Waals surface area contributed by atoms with Gasteiger partial charge >= 0.3 is 5.69 Å². The van der Waals surface area contributed by atoms with Gasteiger partial charge in [-0.1, -0.05) is 31.0 Å². The van der Waals surface area contributed by atoms with Crippen LogP contribution in [0.25, 0.3) is 0 Å². The largest absolute Gasteiger partial charge is 0.492 e. The number of ether oxygens (including phenoxy) is 1. The van der Waals surface area contributed by atoms with Crippen molar-refractivity contribution in [2.24, 2.45) is 0 Å². The van der Waals surface area contributed by atoms with E-state index in [9.17, 15) is 14.0 Å². The lowest BCUT2D eigenvalue weighted by Gasteiger charge is -2.10. The molecule has 0 atom stereocenters. The summed E-state index contributed by atoms with van der Waals surface area (Å²) in [5.74, 6) is -0.441. The lowest BCUT2D eigenvalue weighted by atomic mass is 10.2. The van der Waals surface area contributed by atoms with Crippen LogP contribution in [0.15, 0.2) is 34.0 Å². The monoisotopic (exact) mass is 326 g/mol. The van der Waals surface area contributed by atoms with E-state index in [2.05, 4.69) is 6.92 Å². The third-order valence-corrected chi connectivity index (χ3v) is 3.37. The van der Waals surface area contributed by atoms with E-state index >= 15 is 0 Å². The summed E-state index contributed by atoms with van der Waals surface area (Å²) >= 11 is 6.13. The van der Waals surface area contributed by atoms with Crippen LogP contribution < -0.4 is 16.0 Å². The molecule has 2 rings (SSSR count). The van der Waals surface area contributed by atoms with Gasteiger partial charge in [0.1, 0.15) is 5.75 Å². The third kappa shape index (κ3) is 3.98. The van der Waals surface area contributed by atoms with Crippen molar-refractivity contribution < 1.29 is 9.13 Å². The van der Waals surface area contributed by atoms with Gasteiger partial charge in [0, 0.05) is 0 Å². The molecule has 7 heteroatoms. The minimum atomic E-state index is -1.03. The molecule has 0 radical (unpaired) electrons. The fourth-order valence-electron chi connectivity index (χ4n) is 1.88. The van der Waals surface area contributed by atoms with Gasteiger partial charge in [0.15, 0.2) is 0 Å². The predicted octanol–water partition coefficient (Wildman–Crippen LogP) is 2.56. The molecular weight excluding hydrogens is 311 g/mol. The van der Waals surface area contributed by atoms with Gasteiger partial charge in [-0.05, 0) is 24.1 Å². The highest BCUT2D eigenvalue weighted by molar-refractivity contribution is 6.32. The summed E-state index contributed by atoms with van der Waals surface area (Å²) in [6, 6.07) is 5.10. The molecule has 0 saturated carbocycles. The van der Waals surface area contributed by atoms with Crippen molar-refractivity contribution in [2.45, 2.75) is 26.3 Å². The quantitative estimate of drug-likeness (QED) is 0.830. The second-order valence-corrected chi connectivity index (χ2v) is 5.24. The lowest BCUT2D eigenvalue weighted by molar-refractivity contribution is 0.309. The average molecular weight is 327 g/mol. The Labute approximate surface area is 131 Å². The molecule has 0 aliphatic carbocycles. The molecule has 0 spiro atoms. The van der Waals surface area contributed by atoms with Gasteiger partial charge in [-0.25, -0.2) is 4.79 Å². The number of H-pyrrole nitrogens is 1. The molecule has 0 bridgehead atoms. The van der Waals surface area contributed by atoms with E-state index in [-0.39, 0.29) is 6.54 Å².